The molecule has 0 radical (unpaired) electrons. The SMILES string of the molecule is O=C(O)/C=C/CNCc1ccc(C(F)(F)F)cc1. The van der Waals surface area contributed by atoms with Gasteiger partial charge in [0.15, 0.2) is 0 Å². The number of hydrogen-bond donors (Lipinski definition) is 2. The molecule has 1 aromatic carbocycles. The third-order valence-electron chi connectivity index (χ3n) is 2.13. The minimum atomic E-state index is -4.32. The summed E-state index contributed by atoms with van der Waals surface area (Å²) in [4.78, 5) is 10.1. The van der Waals surface area contributed by atoms with Crippen LogP contribution in [0.2, 0.25) is 0 Å². The van der Waals surface area contributed by atoms with Crippen LogP contribution in [0.15, 0.2) is 36.4 Å². The van der Waals surface area contributed by atoms with Crippen molar-refractivity contribution in [3.05, 3.63) is 47.5 Å². The highest BCUT2D eigenvalue weighted by Crippen LogP contribution is 2.28. The number of halogens is 3. The van der Waals surface area contributed by atoms with Gasteiger partial charge in [-0.2, -0.15) is 13.2 Å². The van der Waals surface area contributed by atoms with Crippen molar-refractivity contribution in [3.8, 4) is 0 Å². The van der Waals surface area contributed by atoms with Crippen molar-refractivity contribution >= 4 is 5.97 Å². The van der Waals surface area contributed by atoms with Crippen molar-refractivity contribution in [2.45, 2.75) is 12.7 Å². The Morgan fingerprint density at radius 3 is 2.39 bits per heavy atom. The molecule has 3 nitrogen and oxygen atoms in total. The van der Waals surface area contributed by atoms with Crippen LogP contribution in [-0.4, -0.2) is 17.6 Å². The molecule has 0 aromatic heterocycles. The van der Waals surface area contributed by atoms with Gasteiger partial charge in [0, 0.05) is 19.2 Å². The molecule has 0 fully saturated rings. The fourth-order valence-corrected chi connectivity index (χ4v) is 1.27. The molecule has 0 aliphatic carbocycles. The lowest BCUT2D eigenvalue weighted by molar-refractivity contribution is -0.137. The number of nitrogens with one attached hydrogen (secondary N) is 1. The zero-order chi connectivity index (χ0) is 13.6. The highest BCUT2D eigenvalue weighted by molar-refractivity contribution is 5.79. The molecular formula is C12H12F3NO2. The van der Waals surface area contributed by atoms with E-state index >= 15 is 0 Å². The zero-order valence-corrected chi connectivity index (χ0v) is 9.37. The van der Waals surface area contributed by atoms with Crippen molar-refractivity contribution < 1.29 is 23.1 Å². The van der Waals surface area contributed by atoms with Gasteiger partial charge in [0.05, 0.1) is 5.56 Å². The molecule has 0 spiro atoms. The predicted octanol–water partition coefficient (Wildman–Crippen LogP) is 2.44. The number of carbonyl (C=O) groups is 1. The van der Waals surface area contributed by atoms with E-state index in [1.165, 1.54) is 18.2 Å². The van der Waals surface area contributed by atoms with Crippen LogP contribution in [0.5, 0.6) is 0 Å². The Hall–Kier alpha value is -1.82. The fraction of sp³-hybridized carbons (Fsp3) is 0.250. The molecule has 0 unspecified atom stereocenters. The third-order valence-corrected chi connectivity index (χ3v) is 2.13. The summed E-state index contributed by atoms with van der Waals surface area (Å²) in [7, 11) is 0. The zero-order valence-electron chi connectivity index (χ0n) is 9.37. The average Bonchev–Trinajstić information content (AvgIpc) is 2.27. The highest BCUT2D eigenvalue weighted by Gasteiger charge is 2.29. The van der Waals surface area contributed by atoms with Gasteiger partial charge < -0.3 is 10.4 Å². The first-order chi connectivity index (χ1) is 8.39. The van der Waals surface area contributed by atoms with E-state index in [4.69, 9.17) is 5.11 Å². The Morgan fingerprint density at radius 2 is 1.89 bits per heavy atom. The van der Waals surface area contributed by atoms with Gasteiger partial charge in [0.1, 0.15) is 0 Å². The van der Waals surface area contributed by atoms with Crippen LogP contribution in [-0.2, 0) is 17.5 Å². The van der Waals surface area contributed by atoms with Crippen LogP contribution in [0.3, 0.4) is 0 Å². The number of rotatable bonds is 5. The summed E-state index contributed by atoms with van der Waals surface area (Å²) < 4.78 is 36.8. The summed E-state index contributed by atoms with van der Waals surface area (Å²) in [6.45, 7) is 0.718. The molecule has 0 amide bonds. The van der Waals surface area contributed by atoms with Gasteiger partial charge >= 0.3 is 12.1 Å². The smallest absolute Gasteiger partial charge is 0.416 e. The van der Waals surface area contributed by atoms with E-state index in [0.29, 0.717) is 18.7 Å². The van der Waals surface area contributed by atoms with Crippen LogP contribution in [0, 0.1) is 0 Å². The molecule has 1 aromatic rings. The molecule has 18 heavy (non-hydrogen) atoms. The maximum absolute atomic E-state index is 12.3. The highest BCUT2D eigenvalue weighted by atomic mass is 19.4. The molecule has 0 saturated carbocycles. The number of benzene rings is 1. The average molecular weight is 259 g/mol. The van der Waals surface area contributed by atoms with E-state index in [9.17, 15) is 18.0 Å². The van der Waals surface area contributed by atoms with Crippen LogP contribution >= 0.6 is 0 Å². The normalized spacial score (nSPS) is 11.9. The van der Waals surface area contributed by atoms with Gasteiger partial charge in [0.2, 0.25) is 0 Å². The number of carboxylic acid groups (broad SMARTS) is 1. The Kier molecular flexibility index (Phi) is 4.91. The van der Waals surface area contributed by atoms with E-state index in [2.05, 4.69) is 5.32 Å². The van der Waals surface area contributed by atoms with Crippen LogP contribution in [0.1, 0.15) is 11.1 Å². The lowest BCUT2D eigenvalue weighted by Crippen LogP contribution is -2.13. The van der Waals surface area contributed by atoms with E-state index in [1.807, 2.05) is 0 Å². The number of alkyl halides is 3. The fourth-order valence-electron chi connectivity index (χ4n) is 1.27. The van der Waals surface area contributed by atoms with Crippen molar-refractivity contribution in [1.82, 2.24) is 5.32 Å². The first-order valence-electron chi connectivity index (χ1n) is 5.16. The molecule has 0 heterocycles. The lowest BCUT2D eigenvalue weighted by Gasteiger charge is -2.07. The molecule has 98 valence electrons. The summed E-state index contributed by atoms with van der Waals surface area (Å²) >= 11 is 0. The maximum Gasteiger partial charge on any atom is 0.416 e. The first-order valence-corrected chi connectivity index (χ1v) is 5.16. The molecule has 0 aliphatic heterocycles. The second-order valence-electron chi connectivity index (χ2n) is 3.57. The summed E-state index contributed by atoms with van der Waals surface area (Å²) in [5, 5.41) is 11.2. The van der Waals surface area contributed by atoms with Crippen LogP contribution < -0.4 is 5.32 Å². The van der Waals surface area contributed by atoms with Crippen molar-refractivity contribution in [1.29, 1.82) is 0 Å². The molecule has 0 aliphatic rings. The minimum Gasteiger partial charge on any atom is -0.478 e. The molecule has 0 bridgehead atoms. The molecule has 0 atom stereocenters. The van der Waals surface area contributed by atoms with Gasteiger partial charge in [-0.15, -0.1) is 0 Å². The molecule has 6 heteroatoms. The van der Waals surface area contributed by atoms with Gasteiger partial charge in [0.25, 0.3) is 0 Å². The first kappa shape index (κ1) is 14.2. The largest absolute Gasteiger partial charge is 0.478 e. The Balaban J connectivity index is 2.43. The predicted molar refractivity (Wildman–Crippen MR) is 59.9 cm³/mol. The second kappa shape index (κ2) is 6.20. The Morgan fingerprint density at radius 1 is 1.28 bits per heavy atom. The Labute approximate surface area is 102 Å². The monoisotopic (exact) mass is 259 g/mol. The van der Waals surface area contributed by atoms with E-state index < -0.39 is 17.7 Å². The third kappa shape index (κ3) is 5.01. The lowest BCUT2D eigenvalue weighted by atomic mass is 10.1. The quantitative estimate of drug-likeness (QED) is 0.630. The molecule has 0 saturated heterocycles. The van der Waals surface area contributed by atoms with Crippen molar-refractivity contribution in [2.24, 2.45) is 0 Å². The topological polar surface area (TPSA) is 49.3 Å². The van der Waals surface area contributed by atoms with Gasteiger partial charge in [-0.3, -0.25) is 0 Å². The van der Waals surface area contributed by atoms with E-state index in [-0.39, 0.29) is 0 Å². The maximum atomic E-state index is 12.3. The van der Waals surface area contributed by atoms with Crippen molar-refractivity contribution in [2.75, 3.05) is 6.54 Å². The van der Waals surface area contributed by atoms with Gasteiger partial charge in [-0.1, -0.05) is 18.2 Å². The number of hydrogen-bond acceptors (Lipinski definition) is 2. The van der Waals surface area contributed by atoms with Crippen LogP contribution in [0.4, 0.5) is 13.2 Å². The van der Waals surface area contributed by atoms with E-state index in [0.717, 1.165) is 18.2 Å². The number of aliphatic carboxylic acids is 1. The van der Waals surface area contributed by atoms with Crippen molar-refractivity contribution in [3.63, 3.8) is 0 Å². The van der Waals surface area contributed by atoms with Gasteiger partial charge in [-0.25, -0.2) is 4.79 Å². The summed E-state index contributed by atoms with van der Waals surface area (Å²) in [5.41, 5.74) is 0.0174. The Bertz CT molecular complexity index is 424. The summed E-state index contributed by atoms with van der Waals surface area (Å²) in [5.74, 6) is -1.04. The standard InChI is InChI=1S/C12H12F3NO2/c13-12(14,15)10-5-3-9(4-6-10)8-16-7-1-2-11(17)18/h1-6,16H,7-8H2,(H,17,18)/b2-1+. The second-order valence-corrected chi connectivity index (χ2v) is 3.57. The van der Waals surface area contributed by atoms with Gasteiger partial charge in [-0.05, 0) is 17.7 Å². The molecule has 2 N–H and O–H groups in total. The molecule has 1 rings (SSSR count). The molecular weight excluding hydrogens is 247 g/mol. The number of carboxylic acids is 1. The summed E-state index contributed by atoms with van der Waals surface area (Å²) in [6.07, 6.45) is -1.90. The summed E-state index contributed by atoms with van der Waals surface area (Å²) in [6, 6.07) is 4.81. The van der Waals surface area contributed by atoms with Crippen LogP contribution in [0.25, 0.3) is 0 Å². The van der Waals surface area contributed by atoms with E-state index in [1.54, 1.807) is 0 Å². The minimum absolute atomic E-state index is 0.341.